The molecular formula is C17H16N6. The summed E-state index contributed by atoms with van der Waals surface area (Å²) in [5.41, 5.74) is 6.61. The third-order valence-electron chi connectivity index (χ3n) is 3.96. The quantitative estimate of drug-likeness (QED) is 0.790. The minimum absolute atomic E-state index is 0.151. The summed E-state index contributed by atoms with van der Waals surface area (Å²) in [6.45, 7) is 2.08. The van der Waals surface area contributed by atoms with Crippen molar-refractivity contribution in [2.24, 2.45) is 5.10 Å². The van der Waals surface area contributed by atoms with E-state index in [4.69, 9.17) is 0 Å². The van der Waals surface area contributed by atoms with Gasteiger partial charge < -0.3 is 5.43 Å². The van der Waals surface area contributed by atoms with E-state index in [0.29, 0.717) is 5.82 Å². The molecule has 6 nitrogen and oxygen atoms in total. The van der Waals surface area contributed by atoms with Gasteiger partial charge in [0.25, 0.3) is 0 Å². The number of tetrazole rings is 1. The molecule has 0 bridgehead atoms. The summed E-state index contributed by atoms with van der Waals surface area (Å²) in [6, 6.07) is 18.5. The van der Waals surface area contributed by atoms with Crippen LogP contribution in [0.2, 0.25) is 0 Å². The third kappa shape index (κ3) is 2.59. The first kappa shape index (κ1) is 13.6. The first-order valence-electron chi connectivity index (χ1n) is 7.54. The number of aromatic nitrogens is 4. The molecule has 1 unspecified atom stereocenters. The molecule has 0 radical (unpaired) electrons. The first-order valence-corrected chi connectivity index (χ1v) is 7.54. The van der Waals surface area contributed by atoms with E-state index in [-0.39, 0.29) is 6.04 Å². The van der Waals surface area contributed by atoms with Crippen LogP contribution in [0.4, 0.5) is 0 Å². The Labute approximate surface area is 133 Å². The predicted molar refractivity (Wildman–Crippen MR) is 87.8 cm³/mol. The zero-order chi connectivity index (χ0) is 15.6. The van der Waals surface area contributed by atoms with Crippen LogP contribution in [0.15, 0.2) is 59.7 Å². The molecule has 0 spiro atoms. The Bertz CT molecular complexity index is 835. The minimum Gasteiger partial charge on any atom is -0.300 e. The van der Waals surface area contributed by atoms with Crippen LogP contribution in [0.3, 0.4) is 0 Å². The molecule has 0 saturated heterocycles. The molecule has 2 heterocycles. The Kier molecular flexibility index (Phi) is 3.34. The molecule has 0 saturated carbocycles. The molecule has 0 amide bonds. The van der Waals surface area contributed by atoms with Gasteiger partial charge in [-0.05, 0) is 22.9 Å². The van der Waals surface area contributed by atoms with Crippen molar-refractivity contribution in [2.75, 3.05) is 0 Å². The van der Waals surface area contributed by atoms with Crippen LogP contribution >= 0.6 is 0 Å². The average Bonchev–Trinajstić information content (AvgIpc) is 3.25. The summed E-state index contributed by atoms with van der Waals surface area (Å²) in [7, 11) is 0. The molecule has 0 aliphatic carbocycles. The average molecular weight is 304 g/mol. The van der Waals surface area contributed by atoms with Gasteiger partial charge in [0, 0.05) is 12.0 Å². The highest BCUT2D eigenvalue weighted by Gasteiger charge is 2.24. The monoisotopic (exact) mass is 304 g/mol. The van der Waals surface area contributed by atoms with E-state index in [9.17, 15) is 0 Å². The molecule has 2 aromatic carbocycles. The second-order valence-electron chi connectivity index (χ2n) is 5.60. The molecule has 6 heteroatoms. The van der Waals surface area contributed by atoms with Gasteiger partial charge in [-0.2, -0.15) is 9.78 Å². The molecule has 1 aromatic heterocycles. The van der Waals surface area contributed by atoms with Crippen molar-refractivity contribution < 1.29 is 0 Å². The predicted octanol–water partition coefficient (Wildman–Crippen LogP) is 2.54. The molecule has 1 aliphatic heterocycles. The highest BCUT2D eigenvalue weighted by atomic mass is 15.6. The van der Waals surface area contributed by atoms with E-state index >= 15 is 0 Å². The van der Waals surface area contributed by atoms with Gasteiger partial charge in [-0.25, -0.2) is 0 Å². The molecule has 3 aromatic rings. The van der Waals surface area contributed by atoms with Crippen molar-refractivity contribution in [3.8, 4) is 11.4 Å². The molecule has 1 N–H and O–H groups in total. The number of rotatable bonds is 2. The number of benzene rings is 2. The summed E-state index contributed by atoms with van der Waals surface area (Å²) in [4.78, 5) is 0. The molecule has 1 aliphatic rings. The lowest BCUT2D eigenvalue weighted by molar-refractivity contribution is 0.619. The summed E-state index contributed by atoms with van der Waals surface area (Å²) in [5.74, 6) is 1.52. The number of nitrogens with zero attached hydrogens (tertiary/aromatic N) is 5. The maximum absolute atomic E-state index is 4.43. The number of hydrazone groups is 1. The number of nitrogens with one attached hydrogen (secondary N) is 1. The summed E-state index contributed by atoms with van der Waals surface area (Å²) in [6.07, 6.45) is 0.744. The largest absolute Gasteiger partial charge is 0.300 e. The van der Waals surface area contributed by atoms with E-state index in [1.165, 1.54) is 11.1 Å². The highest BCUT2D eigenvalue weighted by molar-refractivity contribution is 5.88. The van der Waals surface area contributed by atoms with Crippen LogP contribution in [0, 0.1) is 6.92 Å². The molecule has 4 rings (SSSR count). The normalized spacial score (nSPS) is 16.9. The van der Waals surface area contributed by atoms with E-state index in [1.807, 2.05) is 30.3 Å². The zero-order valence-electron chi connectivity index (χ0n) is 12.7. The van der Waals surface area contributed by atoms with Crippen LogP contribution in [-0.4, -0.2) is 26.0 Å². The van der Waals surface area contributed by atoms with Crippen LogP contribution in [0.1, 0.15) is 23.6 Å². The van der Waals surface area contributed by atoms with Crippen molar-refractivity contribution in [2.45, 2.75) is 19.4 Å². The lowest BCUT2D eigenvalue weighted by atomic mass is 10.0. The number of aryl methyl sites for hydroxylation is 1. The Morgan fingerprint density at radius 3 is 2.61 bits per heavy atom. The lowest BCUT2D eigenvalue weighted by Gasteiger charge is -2.10. The third-order valence-corrected chi connectivity index (χ3v) is 3.96. The van der Waals surface area contributed by atoms with Gasteiger partial charge in [0.15, 0.2) is 11.7 Å². The summed E-state index contributed by atoms with van der Waals surface area (Å²) < 4.78 is 1.70. The van der Waals surface area contributed by atoms with Gasteiger partial charge in [-0.3, -0.25) is 0 Å². The SMILES string of the molecule is Cc1ccc(C2CC(n3nnnc3-c3ccccc3)=NN2)cc1. The van der Waals surface area contributed by atoms with E-state index in [2.05, 4.69) is 57.2 Å². The fraction of sp³-hybridized carbons (Fsp3) is 0.176. The Balaban J connectivity index is 1.59. The van der Waals surface area contributed by atoms with Crippen molar-refractivity contribution >= 4 is 5.84 Å². The Hall–Kier alpha value is -3.02. The van der Waals surface area contributed by atoms with Crippen molar-refractivity contribution in [1.82, 2.24) is 25.6 Å². The van der Waals surface area contributed by atoms with E-state index in [0.717, 1.165) is 17.8 Å². The summed E-state index contributed by atoms with van der Waals surface area (Å²) >= 11 is 0. The smallest absolute Gasteiger partial charge is 0.188 e. The van der Waals surface area contributed by atoms with Crippen molar-refractivity contribution in [1.29, 1.82) is 0 Å². The standard InChI is InChI=1S/C17H16N6/c1-12-7-9-13(10-8-12)15-11-16(19-18-15)23-17(20-21-22-23)14-5-3-2-4-6-14/h2-10,15,18H,11H2,1H3. The van der Waals surface area contributed by atoms with Crippen LogP contribution in [0.25, 0.3) is 11.4 Å². The molecular weight excluding hydrogens is 288 g/mol. The summed E-state index contributed by atoms with van der Waals surface area (Å²) in [5, 5.41) is 16.5. The topological polar surface area (TPSA) is 68.0 Å². The van der Waals surface area contributed by atoms with Crippen LogP contribution in [-0.2, 0) is 0 Å². The first-order chi connectivity index (χ1) is 11.3. The van der Waals surface area contributed by atoms with Gasteiger partial charge >= 0.3 is 0 Å². The van der Waals surface area contributed by atoms with E-state index < -0.39 is 0 Å². The Morgan fingerprint density at radius 2 is 1.83 bits per heavy atom. The van der Waals surface area contributed by atoms with Gasteiger partial charge in [0.05, 0.1) is 6.04 Å². The van der Waals surface area contributed by atoms with Gasteiger partial charge in [-0.1, -0.05) is 60.2 Å². The fourth-order valence-electron chi connectivity index (χ4n) is 2.68. The molecule has 23 heavy (non-hydrogen) atoms. The van der Waals surface area contributed by atoms with Gasteiger partial charge in [-0.15, -0.1) is 5.10 Å². The van der Waals surface area contributed by atoms with Gasteiger partial charge in [0.2, 0.25) is 0 Å². The highest BCUT2D eigenvalue weighted by Crippen LogP contribution is 2.24. The van der Waals surface area contributed by atoms with Crippen LogP contribution < -0.4 is 5.43 Å². The Morgan fingerprint density at radius 1 is 1.04 bits per heavy atom. The second-order valence-corrected chi connectivity index (χ2v) is 5.60. The molecule has 114 valence electrons. The minimum atomic E-state index is 0.151. The van der Waals surface area contributed by atoms with Gasteiger partial charge in [0.1, 0.15) is 0 Å². The maximum atomic E-state index is 4.43. The molecule has 1 atom stereocenters. The number of hydrogen-bond acceptors (Lipinski definition) is 5. The maximum Gasteiger partial charge on any atom is 0.188 e. The van der Waals surface area contributed by atoms with Crippen LogP contribution in [0.5, 0.6) is 0 Å². The number of hydrogen-bond donors (Lipinski definition) is 1. The second kappa shape index (κ2) is 5.64. The molecule has 0 fully saturated rings. The fourth-order valence-corrected chi connectivity index (χ4v) is 2.68. The van der Waals surface area contributed by atoms with E-state index in [1.54, 1.807) is 4.68 Å². The van der Waals surface area contributed by atoms with Crippen molar-refractivity contribution in [3.05, 3.63) is 65.7 Å². The zero-order valence-corrected chi connectivity index (χ0v) is 12.7. The lowest BCUT2D eigenvalue weighted by Crippen LogP contribution is -2.14. The van der Waals surface area contributed by atoms with Crippen molar-refractivity contribution in [3.63, 3.8) is 0 Å².